The molecule has 0 aromatic carbocycles. The molecule has 1 aromatic heterocycles. The van der Waals surface area contributed by atoms with E-state index in [1.807, 2.05) is 23.6 Å². The van der Waals surface area contributed by atoms with Gasteiger partial charge in [-0.05, 0) is 23.6 Å². The van der Waals surface area contributed by atoms with E-state index in [2.05, 4.69) is 50.9 Å². The Kier molecular flexibility index (Phi) is 2.76. The van der Waals surface area contributed by atoms with E-state index in [-0.39, 0.29) is 5.41 Å². The van der Waals surface area contributed by atoms with Gasteiger partial charge < -0.3 is 5.32 Å². The molecule has 1 aliphatic rings. The van der Waals surface area contributed by atoms with Crippen molar-refractivity contribution in [3.05, 3.63) is 52.5 Å². The quantitative estimate of drug-likeness (QED) is 0.768. The van der Waals surface area contributed by atoms with Gasteiger partial charge >= 0.3 is 0 Å². The van der Waals surface area contributed by atoms with E-state index in [1.165, 1.54) is 15.3 Å². The fourth-order valence-corrected chi connectivity index (χ4v) is 2.57. The van der Waals surface area contributed by atoms with Crippen LogP contribution in [0.3, 0.4) is 0 Å². The summed E-state index contributed by atoms with van der Waals surface area (Å²) in [6, 6.07) is 4.41. The third-order valence-electron chi connectivity index (χ3n) is 2.51. The maximum atomic E-state index is 3.85. The highest BCUT2D eigenvalue weighted by Gasteiger charge is 2.17. The van der Waals surface area contributed by atoms with Gasteiger partial charge in [0.2, 0.25) is 0 Å². The lowest BCUT2D eigenvalue weighted by atomic mass is 9.95. The average molecular weight is 231 g/mol. The fraction of sp³-hybridized carbons (Fsp3) is 0.286. The third-order valence-corrected chi connectivity index (χ3v) is 4.07. The number of hydrogen-bond acceptors (Lipinski definition) is 2. The van der Waals surface area contributed by atoms with E-state index in [0.29, 0.717) is 0 Å². The summed E-state index contributed by atoms with van der Waals surface area (Å²) in [4.78, 5) is 2.72. The normalized spacial score (nSPS) is 15.9. The van der Waals surface area contributed by atoms with Crippen molar-refractivity contribution in [1.29, 1.82) is 0 Å². The highest BCUT2D eigenvalue weighted by Crippen LogP contribution is 2.33. The molecule has 84 valence electrons. The van der Waals surface area contributed by atoms with Crippen molar-refractivity contribution in [1.82, 2.24) is 5.32 Å². The topological polar surface area (TPSA) is 12.0 Å². The van der Waals surface area contributed by atoms with E-state index >= 15 is 0 Å². The molecule has 16 heavy (non-hydrogen) atoms. The Bertz CT molecular complexity index is 469. The molecule has 0 fully saturated rings. The minimum absolute atomic E-state index is 0.235. The molecular weight excluding hydrogens is 214 g/mol. The SMILES string of the molecule is C=C1C=CC(c2ccc(C(C)(C)C)s2)=CN1. The lowest BCUT2D eigenvalue weighted by Gasteiger charge is -2.15. The van der Waals surface area contributed by atoms with Gasteiger partial charge in [0, 0.05) is 27.2 Å². The highest BCUT2D eigenvalue weighted by atomic mass is 32.1. The Hall–Kier alpha value is -1.28. The minimum Gasteiger partial charge on any atom is -0.362 e. The van der Waals surface area contributed by atoms with Crippen LogP contribution in [0.5, 0.6) is 0 Å². The van der Waals surface area contributed by atoms with Crippen LogP contribution in [0.4, 0.5) is 0 Å². The summed E-state index contributed by atoms with van der Waals surface area (Å²) in [7, 11) is 0. The highest BCUT2D eigenvalue weighted by molar-refractivity contribution is 7.13. The third kappa shape index (κ3) is 2.27. The zero-order valence-corrected chi connectivity index (χ0v) is 10.8. The van der Waals surface area contributed by atoms with Gasteiger partial charge in [-0.3, -0.25) is 0 Å². The molecule has 1 N–H and O–H groups in total. The van der Waals surface area contributed by atoms with Gasteiger partial charge in [-0.15, -0.1) is 11.3 Å². The van der Waals surface area contributed by atoms with Crippen molar-refractivity contribution in [2.75, 3.05) is 0 Å². The zero-order chi connectivity index (χ0) is 11.8. The summed E-state index contributed by atoms with van der Waals surface area (Å²) in [5.41, 5.74) is 2.41. The molecule has 1 aliphatic heterocycles. The molecule has 0 saturated carbocycles. The molecule has 0 aliphatic carbocycles. The summed E-state index contributed by atoms with van der Waals surface area (Å²) < 4.78 is 0. The van der Waals surface area contributed by atoms with E-state index in [0.717, 1.165) is 5.70 Å². The predicted molar refractivity (Wildman–Crippen MR) is 72.4 cm³/mol. The maximum absolute atomic E-state index is 3.85. The summed E-state index contributed by atoms with van der Waals surface area (Å²) >= 11 is 1.86. The molecule has 0 spiro atoms. The van der Waals surface area contributed by atoms with Gasteiger partial charge in [0.1, 0.15) is 0 Å². The number of allylic oxidation sites excluding steroid dienone is 3. The average Bonchev–Trinajstić information content (AvgIpc) is 2.67. The van der Waals surface area contributed by atoms with Crippen molar-refractivity contribution in [2.24, 2.45) is 0 Å². The summed E-state index contributed by atoms with van der Waals surface area (Å²) in [5, 5.41) is 3.14. The van der Waals surface area contributed by atoms with E-state index < -0.39 is 0 Å². The maximum Gasteiger partial charge on any atom is 0.0360 e. The first-order valence-electron chi connectivity index (χ1n) is 5.41. The van der Waals surface area contributed by atoms with Gasteiger partial charge in [-0.1, -0.05) is 33.4 Å². The Labute approximate surface area is 101 Å². The van der Waals surface area contributed by atoms with Gasteiger partial charge in [-0.25, -0.2) is 0 Å². The largest absolute Gasteiger partial charge is 0.362 e. The standard InChI is InChI=1S/C14H17NS/c1-10-5-6-11(9-15-10)12-7-8-13(16-12)14(2,3)4/h5-9,15H,1H2,2-4H3. The second kappa shape index (κ2) is 3.95. The molecular formula is C14H17NS. The molecule has 2 heterocycles. The summed E-state index contributed by atoms with van der Waals surface area (Å²) in [6.07, 6.45) is 6.13. The Morgan fingerprint density at radius 2 is 1.94 bits per heavy atom. The van der Waals surface area contributed by atoms with Gasteiger partial charge in [0.15, 0.2) is 0 Å². The van der Waals surface area contributed by atoms with Crippen LogP contribution >= 0.6 is 11.3 Å². The monoisotopic (exact) mass is 231 g/mol. The van der Waals surface area contributed by atoms with Gasteiger partial charge in [0.25, 0.3) is 0 Å². The van der Waals surface area contributed by atoms with Gasteiger partial charge in [0.05, 0.1) is 0 Å². The first-order chi connectivity index (χ1) is 7.47. The smallest absolute Gasteiger partial charge is 0.0360 e. The first kappa shape index (κ1) is 11.2. The summed E-state index contributed by atoms with van der Waals surface area (Å²) in [6.45, 7) is 10.6. The Morgan fingerprint density at radius 1 is 1.19 bits per heavy atom. The van der Waals surface area contributed by atoms with Crippen LogP contribution in [0.1, 0.15) is 30.5 Å². The zero-order valence-electron chi connectivity index (χ0n) is 10.0. The number of hydrogen-bond donors (Lipinski definition) is 1. The molecule has 0 saturated heterocycles. The van der Waals surface area contributed by atoms with Crippen LogP contribution in [0, 0.1) is 0 Å². The molecule has 0 unspecified atom stereocenters. The van der Waals surface area contributed by atoms with Crippen LogP contribution in [-0.4, -0.2) is 0 Å². The molecule has 0 atom stereocenters. The number of dihydropyridines is 1. The van der Waals surface area contributed by atoms with Gasteiger partial charge in [-0.2, -0.15) is 0 Å². The van der Waals surface area contributed by atoms with Crippen molar-refractivity contribution in [3.63, 3.8) is 0 Å². The lowest BCUT2D eigenvalue weighted by molar-refractivity contribution is 0.604. The predicted octanol–water partition coefficient (Wildman–Crippen LogP) is 4.06. The van der Waals surface area contributed by atoms with Crippen LogP contribution < -0.4 is 5.32 Å². The molecule has 0 bridgehead atoms. The van der Waals surface area contributed by atoms with E-state index in [4.69, 9.17) is 0 Å². The van der Waals surface area contributed by atoms with Crippen LogP contribution in [0.2, 0.25) is 0 Å². The van der Waals surface area contributed by atoms with Crippen LogP contribution in [0.25, 0.3) is 5.57 Å². The molecule has 0 radical (unpaired) electrons. The second-order valence-electron chi connectivity index (χ2n) is 5.02. The van der Waals surface area contributed by atoms with Crippen LogP contribution in [-0.2, 0) is 5.41 Å². The first-order valence-corrected chi connectivity index (χ1v) is 6.23. The summed E-state index contributed by atoms with van der Waals surface area (Å²) in [5.74, 6) is 0. The van der Waals surface area contributed by atoms with Crippen molar-refractivity contribution in [2.45, 2.75) is 26.2 Å². The second-order valence-corrected chi connectivity index (χ2v) is 6.10. The Morgan fingerprint density at radius 3 is 2.44 bits per heavy atom. The van der Waals surface area contributed by atoms with Crippen LogP contribution in [0.15, 0.2) is 42.8 Å². The Balaban J connectivity index is 2.27. The minimum atomic E-state index is 0.235. The number of rotatable bonds is 1. The molecule has 2 heteroatoms. The number of nitrogens with one attached hydrogen (secondary N) is 1. The van der Waals surface area contributed by atoms with E-state index in [9.17, 15) is 0 Å². The van der Waals surface area contributed by atoms with Crippen molar-refractivity contribution >= 4 is 16.9 Å². The fourth-order valence-electron chi connectivity index (χ4n) is 1.51. The molecule has 1 aromatic rings. The molecule has 1 nitrogen and oxygen atoms in total. The van der Waals surface area contributed by atoms with Crippen molar-refractivity contribution in [3.8, 4) is 0 Å². The number of thiophene rings is 1. The van der Waals surface area contributed by atoms with E-state index in [1.54, 1.807) is 0 Å². The lowest BCUT2D eigenvalue weighted by Crippen LogP contribution is -2.07. The van der Waals surface area contributed by atoms with Crippen molar-refractivity contribution < 1.29 is 0 Å². The molecule has 2 rings (SSSR count). The molecule has 0 amide bonds.